The van der Waals surface area contributed by atoms with E-state index in [9.17, 15) is 4.79 Å². The van der Waals surface area contributed by atoms with Gasteiger partial charge in [-0.1, -0.05) is 19.8 Å². The Morgan fingerprint density at radius 2 is 1.74 bits per heavy atom. The number of carbonyl (C=O) groups is 1. The van der Waals surface area contributed by atoms with Crippen LogP contribution in [0.5, 0.6) is 17.4 Å². The summed E-state index contributed by atoms with van der Waals surface area (Å²) < 4.78 is 13.4. The highest BCUT2D eigenvalue weighted by Gasteiger charge is 2.08. The van der Waals surface area contributed by atoms with Gasteiger partial charge in [-0.2, -0.15) is 0 Å². The van der Waals surface area contributed by atoms with Crippen molar-refractivity contribution in [3.8, 4) is 23.2 Å². The lowest BCUT2D eigenvalue weighted by Crippen LogP contribution is -2.11. The van der Waals surface area contributed by atoms with Gasteiger partial charge in [-0.3, -0.25) is 9.36 Å². The third kappa shape index (κ3) is 5.98. The van der Waals surface area contributed by atoms with Gasteiger partial charge in [-0.25, -0.2) is 15.0 Å². The summed E-state index contributed by atoms with van der Waals surface area (Å²) >= 11 is 0. The molecule has 0 atom stereocenters. The van der Waals surface area contributed by atoms with Crippen LogP contribution in [0.1, 0.15) is 42.4 Å². The number of hydrogen-bond donors (Lipinski definition) is 1. The SMILES string of the molecule is CCCCCOc1ccc(C(=O)Nc2ccc(Oc3cc(-n4ccnc4C)ncn3)cc2)cc1. The van der Waals surface area contributed by atoms with Gasteiger partial charge in [0.2, 0.25) is 5.88 Å². The van der Waals surface area contributed by atoms with Gasteiger partial charge in [-0.15, -0.1) is 0 Å². The molecule has 0 saturated carbocycles. The summed E-state index contributed by atoms with van der Waals surface area (Å²) in [5.74, 6) is 3.06. The molecule has 0 aliphatic heterocycles. The van der Waals surface area contributed by atoms with E-state index in [1.54, 1.807) is 48.7 Å². The standard InChI is InChI=1S/C26H27N5O3/c1-3-4-5-16-33-22-10-6-20(7-11-22)26(32)30-21-8-12-23(13-9-21)34-25-17-24(28-18-29-25)31-15-14-27-19(31)2/h6-15,17-18H,3-5,16H2,1-2H3,(H,30,32). The van der Waals surface area contributed by atoms with Crippen molar-refractivity contribution in [3.05, 3.63) is 84.7 Å². The average Bonchev–Trinajstić information content (AvgIpc) is 3.29. The van der Waals surface area contributed by atoms with Crippen molar-refractivity contribution in [1.82, 2.24) is 19.5 Å². The van der Waals surface area contributed by atoms with Crippen LogP contribution in [-0.2, 0) is 0 Å². The van der Waals surface area contributed by atoms with Gasteiger partial charge in [0.15, 0.2) is 0 Å². The molecule has 0 aliphatic carbocycles. The van der Waals surface area contributed by atoms with Crippen molar-refractivity contribution >= 4 is 11.6 Å². The highest BCUT2D eigenvalue weighted by molar-refractivity contribution is 6.04. The third-order valence-corrected chi connectivity index (χ3v) is 5.17. The molecule has 1 amide bonds. The van der Waals surface area contributed by atoms with Crippen molar-refractivity contribution in [2.75, 3.05) is 11.9 Å². The average molecular weight is 458 g/mol. The molecule has 4 rings (SSSR count). The second-order valence-electron chi connectivity index (χ2n) is 7.72. The Morgan fingerprint density at radius 3 is 2.44 bits per heavy atom. The normalized spacial score (nSPS) is 10.6. The molecule has 8 nitrogen and oxygen atoms in total. The summed E-state index contributed by atoms with van der Waals surface area (Å²) in [6.45, 7) is 4.74. The quantitative estimate of drug-likeness (QED) is 0.312. The first-order valence-electron chi connectivity index (χ1n) is 11.3. The minimum Gasteiger partial charge on any atom is -0.494 e. The number of anilines is 1. The minimum absolute atomic E-state index is 0.192. The summed E-state index contributed by atoms with van der Waals surface area (Å²) in [7, 11) is 0. The van der Waals surface area contributed by atoms with Crippen molar-refractivity contribution < 1.29 is 14.3 Å². The first-order chi connectivity index (χ1) is 16.6. The van der Waals surface area contributed by atoms with Gasteiger partial charge in [0, 0.05) is 29.7 Å². The lowest BCUT2D eigenvalue weighted by Gasteiger charge is -2.10. The third-order valence-electron chi connectivity index (χ3n) is 5.17. The zero-order valence-corrected chi connectivity index (χ0v) is 19.3. The number of nitrogens with one attached hydrogen (secondary N) is 1. The maximum absolute atomic E-state index is 12.6. The summed E-state index contributed by atoms with van der Waals surface area (Å²) in [4.78, 5) is 25.2. The van der Waals surface area contributed by atoms with Crippen LogP contribution in [-0.4, -0.2) is 32.0 Å². The highest BCUT2D eigenvalue weighted by Crippen LogP contribution is 2.23. The Morgan fingerprint density at radius 1 is 0.971 bits per heavy atom. The molecule has 8 heteroatoms. The molecular formula is C26H27N5O3. The Labute approximate surface area is 198 Å². The van der Waals surface area contributed by atoms with Gasteiger partial charge >= 0.3 is 0 Å². The molecule has 174 valence electrons. The topological polar surface area (TPSA) is 91.2 Å². The first kappa shape index (κ1) is 23.0. The fourth-order valence-electron chi connectivity index (χ4n) is 3.31. The molecule has 2 aromatic heterocycles. The van der Waals surface area contributed by atoms with E-state index in [0.29, 0.717) is 35.3 Å². The van der Waals surface area contributed by atoms with Gasteiger partial charge in [0.05, 0.1) is 6.61 Å². The molecule has 0 unspecified atom stereocenters. The molecule has 2 heterocycles. The largest absolute Gasteiger partial charge is 0.494 e. The Balaban J connectivity index is 1.33. The highest BCUT2D eigenvalue weighted by atomic mass is 16.5. The van der Waals surface area contributed by atoms with Crippen LogP contribution in [0.2, 0.25) is 0 Å². The van der Waals surface area contributed by atoms with Crippen LogP contribution in [0.15, 0.2) is 73.3 Å². The monoisotopic (exact) mass is 457 g/mol. The van der Waals surface area contributed by atoms with Crippen LogP contribution < -0.4 is 14.8 Å². The molecule has 0 saturated heterocycles. The van der Waals surface area contributed by atoms with Crippen LogP contribution in [0, 0.1) is 6.92 Å². The summed E-state index contributed by atoms with van der Waals surface area (Å²) in [5.41, 5.74) is 1.22. The van der Waals surface area contributed by atoms with Crippen molar-refractivity contribution in [1.29, 1.82) is 0 Å². The van der Waals surface area contributed by atoms with Crippen LogP contribution >= 0.6 is 0 Å². The molecule has 0 fully saturated rings. The van der Waals surface area contributed by atoms with Gasteiger partial charge in [-0.05, 0) is 61.9 Å². The van der Waals surface area contributed by atoms with Crippen LogP contribution in [0.3, 0.4) is 0 Å². The zero-order chi connectivity index (χ0) is 23.8. The van der Waals surface area contributed by atoms with E-state index in [1.807, 2.05) is 29.8 Å². The number of benzene rings is 2. The molecule has 1 N–H and O–H groups in total. The van der Waals surface area contributed by atoms with E-state index >= 15 is 0 Å². The Bertz CT molecular complexity index is 1220. The van der Waals surface area contributed by atoms with E-state index in [2.05, 4.69) is 27.2 Å². The van der Waals surface area contributed by atoms with Crippen molar-refractivity contribution in [2.24, 2.45) is 0 Å². The molecule has 0 aliphatic rings. The minimum atomic E-state index is -0.192. The first-order valence-corrected chi connectivity index (χ1v) is 11.3. The number of carbonyl (C=O) groups excluding carboxylic acids is 1. The van der Waals surface area contributed by atoms with Crippen LogP contribution in [0.25, 0.3) is 5.82 Å². The number of aromatic nitrogens is 4. The van der Waals surface area contributed by atoms with Crippen molar-refractivity contribution in [2.45, 2.75) is 33.1 Å². The molecule has 4 aromatic rings. The molecule has 2 aromatic carbocycles. The number of nitrogens with zero attached hydrogens (tertiary/aromatic N) is 4. The molecule has 0 bridgehead atoms. The summed E-state index contributed by atoms with van der Waals surface area (Å²) in [6, 6.07) is 16.0. The zero-order valence-electron chi connectivity index (χ0n) is 19.3. The summed E-state index contributed by atoms with van der Waals surface area (Å²) in [5, 5.41) is 2.89. The van der Waals surface area contributed by atoms with Crippen LogP contribution in [0.4, 0.5) is 5.69 Å². The smallest absolute Gasteiger partial charge is 0.255 e. The number of ether oxygens (including phenoxy) is 2. The lowest BCUT2D eigenvalue weighted by atomic mass is 10.2. The number of imidazole rings is 1. The molecule has 0 spiro atoms. The van der Waals surface area contributed by atoms with E-state index < -0.39 is 0 Å². The van der Waals surface area contributed by atoms with E-state index in [1.165, 1.54) is 6.33 Å². The number of hydrogen-bond acceptors (Lipinski definition) is 6. The predicted octanol–water partition coefficient (Wildman–Crippen LogP) is 5.58. The van der Waals surface area contributed by atoms with Gasteiger partial charge < -0.3 is 14.8 Å². The summed E-state index contributed by atoms with van der Waals surface area (Å²) in [6.07, 6.45) is 8.31. The number of amides is 1. The fraction of sp³-hybridized carbons (Fsp3) is 0.231. The van der Waals surface area contributed by atoms with Crippen molar-refractivity contribution in [3.63, 3.8) is 0 Å². The molecule has 34 heavy (non-hydrogen) atoms. The lowest BCUT2D eigenvalue weighted by molar-refractivity contribution is 0.102. The van der Waals surface area contributed by atoms with Gasteiger partial charge in [0.25, 0.3) is 5.91 Å². The molecular weight excluding hydrogens is 430 g/mol. The number of unbranched alkanes of at least 4 members (excludes halogenated alkanes) is 2. The maximum Gasteiger partial charge on any atom is 0.255 e. The van der Waals surface area contributed by atoms with Gasteiger partial charge in [0.1, 0.15) is 29.5 Å². The predicted molar refractivity (Wildman–Crippen MR) is 130 cm³/mol. The second-order valence-corrected chi connectivity index (χ2v) is 7.72. The maximum atomic E-state index is 12.6. The van der Waals surface area contributed by atoms with E-state index in [4.69, 9.17) is 9.47 Å². The second kappa shape index (κ2) is 11.1. The fourth-order valence-corrected chi connectivity index (χ4v) is 3.31. The Kier molecular flexibility index (Phi) is 7.49. The Hall–Kier alpha value is -4.20. The van der Waals surface area contributed by atoms with E-state index in [0.717, 1.165) is 30.8 Å². The number of aryl methyl sites for hydroxylation is 1. The van der Waals surface area contributed by atoms with E-state index in [-0.39, 0.29) is 5.91 Å². The molecule has 0 radical (unpaired) electrons. The number of rotatable bonds is 10.